The van der Waals surface area contributed by atoms with Crippen molar-refractivity contribution in [1.29, 1.82) is 0 Å². The molecular formula is C10H6BrF13. The molecule has 0 fully saturated rings. The van der Waals surface area contributed by atoms with Crippen molar-refractivity contribution in [2.45, 2.75) is 36.8 Å². The second-order valence-corrected chi connectivity index (χ2v) is 5.02. The molecule has 0 aromatic carbocycles. The van der Waals surface area contributed by atoms with Gasteiger partial charge in [0.05, 0.1) is 0 Å². The van der Waals surface area contributed by atoms with Crippen LogP contribution in [0.4, 0.5) is 57.1 Å². The number of allylic oxidation sites excluding steroid dienone is 2. The van der Waals surface area contributed by atoms with Gasteiger partial charge in [-0.1, -0.05) is 28.1 Å². The molecule has 0 saturated carbocycles. The Morgan fingerprint density at radius 3 is 1.17 bits per heavy atom. The van der Waals surface area contributed by atoms with E-state index >= 15 is 0 Å². The summed E-state index contributed by atoms with van der Waals surface area (Å²) in [7, 11) is 0. The van der Waals surface area contributed by atoms with Crippen molar-refractivity contribution in [1.82, 2.24) is 0 Å². The van der Waals surface area contributed by atoms with Gasteiger partial charge in [0.2, 0.25) is 5.41 Å². The van der Waals surface area contributed by atoms with Gasteiger partial charge >= 0.3 is 30.4 Å². The standard InChI is InChI=1S/C10H6BrF13/c11-4-2-1-3-5(8(16,17)18,9(19,20)21)6(12,13)7(14,15)10(22,23)24/h1-2H,3-4H2/b2-1+. The lowest BCUT2D eigenvalue weighted by Gasteiger charge is -2.44. The maximum atomic E-state index is 13.5. The lowest BCUT2D eigenvalue weighted by atomic mass is 9.73. The Morgan fingerprint density at radius 1 is 0.542 bits per heavy atom. The summed E-state index contributed by atoms with van der Waals surface area (Å²) in [5, 5.41) is -0.458. The molecular weight excluding hydrogens is 447 g/mol. The maximum Gasteiger partial charge on any atom is 0.459 e. The van der Waals surface area contributed by atoms with Gasteiger partial charge in [-0.3, -0.25) is 0 Å². The van der Waals surface area contributed by atoms with Gasteiger partial charge in [-0.15, -0.1) is 0 Å². The molecule has 0 unspecified atom stereocenters. The Kier molecular flexibility index (Phi) is 6.37. The molecule has 0 N–H and O–H groups in total. The molecule has 0 aromatic heterocycles. The fourth-order valence-corrected chi connectivity index (χ4v) is 1.91. The molecule has 0 aliphatic rings. The molecule has 24 heavy (non-hydrogen) atoms. The summed E-state index contributed by atoms with van der Waals surface area (Å²) in [5.41, 5.74) is -6.65. The Labute approximate surface area is 133 Å². The summed E-state index contributed by atoms with van der Waals surface area (Å²) < 4.78 is 165. The summed E-state index contributed by atoms with van der Waals surface area (Å²) in [6, 6.07) is 0. The van der Waals surface area contributed by atoms with E-state index in [2.05, 4.69) is 15.9 Å². The van der Waals surface area contributed by atoms with Crippen LogP contribution in [0, 0.1) is 5.41 Å². The number of rotatable bonds is 5. The van der Waals surface area contributed by atoms with Crippen LogP contribution >= 0.6 is 15.9 Å². The normalized spacial score (nSPS) is 16.1. The Morgan fingerprint density at radius 2 is 0.917 bits per heavy atom. The predicted octanol–water partition coefficient (Wildman–Crippen LogP) is 6.27. The minimum absolute atomic E-state index is 0.212. The second kappa shape index (κ2) is 6.56. The topological polar surface area (TPSA) is 0 Å². The third-order valence-corrected chi connectivity index (χ3v) is 3.31. The van der Waals surface area contributed by atoms with Gasteiger partial charge in [-0.2, -0.15) is 57.1 Å². The van der Waals surface area contributed by atoms with Crippen molar-refractivity contribution in [3.8, 4) is 0 Å². The third kappa shape index (κ3) is 3.47. The van der Waals surface area contributed by atoms with Crippen LogP contribution < -0.4 is 0 Å². The molecule has 0 amide bonds. The highest BCUT2D eigenvalue weighted by molar-refractivity contribution is 9.09. The van der Waals surface area contributed by atoms with Gasteiger partial charge in [0.25, 0.3) is 0 Å². The first-order chi connectivity index (χ1) is 10.3. The van der Waals surface area contributed by atoms with Gasteiger partial charge in [-0.05, 0) is 6.42 Å². The van der Waals surface area contributed by atoms with Crippen molar-refractivity contribution in [3.63, 3.8) is 0 Å². The molecule has 0 aliphatic heterocycles. The molecule has 0 rings (SSSR count). The largest absolute Gasteiger partial charge is 0.459 e. The molecule has 0 radical (unpaired) electrons. The molecule has 0 nitrogen and oxygen atoms in total. The first kappa shape index (κ1) is 23.3. The van der Waals surface area contributed by atoms with Crippen molar-refractivity contribution < 1.29 is 57.1 Å². The average Bonchev–Trinajstić information content (AvgIpc) is 2.29. The zero-order valence-electron chi connectivity index (χ0n) is 10.9. The Bertz CT molecular complexity index is 439. The monoisotopic (exact) mass is 452 g/mol. The van der Waals surface area contributed by atoms with E-state index in [-0.39, 0.29) is 6.08 Å². The lowest BCUT2D eigenvalue weighted by Crippen LogP contribution is -2.70. The van der Waals surface area contributed by atoms with Crippen LogP contribution in [0.15, 0.2) is 12.2 Å². The SMILES string of the molecule is FC(F)(F)C(F)(F)C(F)(F)C(C/C=C/CBr)(C(F)(F)F)C(F)(F)F. The zero-order chi connectivity index (χ0) is 19.8. The highest BCUT2D eigenvalue weighted by Crippen LogP contribution is 2.66. The van der Waals surface area contributed by atoms with E-state index < -0.39 is 47.5 Å². The molecule has 14 heteroatoms. The van der Waals surface area contributed by atoms with Crippen molar-refractivity contribution >= 4 is 15.9 Å². The molecule has 144 valence electrons. The predicted molar refractivity (Wildman–Crippen MR) is 58.0 cm³/mol. The van der Waals surface area contributed by atoms with E-state index in [0.29, 0.717) is 6.08 Å². The summed E-state index contributed by atoms with van der Waals surface area (Å²) in [4.78, 5) is 0. The smallest absolute Gasteiger partial charge is 0.198 e. The van der Waals surface area contributed by atoms with Crippen LogP contribution in [0.1, 0.15) is 6.42 Å². The molecule has 0 spiro atoms. The van der Waals surface area contributed by atoms with Crippen LogP contribution in [0.3, 0.4) is 0 Å². The van der Waals surface area contributed by atoms with Crippen LogP contribution in [0.25, 0.3) is 0 Å². The summed E-state index contributed by atoms with van der Waals surface area (Å²) in [5.74, 6) is -15.2. The van der Waals surface area contributed by atoms with Gasteiger partial charge in [0.1, 0.15) is 0 Å². The third-order valence-electron chi connectivity index (χ3n) is 2.93. The minimum Gasteiger partial charge on any atom is -0.198 e. The first-order valence-electron chi connectivity index (χ1n) is 5.48. The Hall–Kier alpha value is -0.690. The first-order valence-corrected chi connectivity index (χ1v) is 6.60. The average molecular weight is 453 g/mol. The number of hydrogen-bond acceptors (Lipinski definition) is 0. The second-order valence-electron chi connectivity index (χ2n) is 4.38. The summed E-state index contributed by atoms with van der Waals surface area (Å²) in [6.07, 6.45) is -24.4. The van der Waals surface area contributed by atoms with E-state index in [4.69, 9.17) is 0 Å². The van der Waals surface area contributed by atoms with Crippen molar-refractivity contribution in [2.24, 2.45) is 5.41 Å². The van der Waals surface area contributed by atoms with Crippen molar-refractivity contribution in [3.05, 3.63) is 12.2 Å². The highest BCUT2D eigenvalue weighted by atomic mass is 79.9. The Balaban J connectivity index is 6.76. The van der Waals surface area contributed by atoms with Crippen LogP contribution in [-0.2, 0) is 0 Å². The van der Waals surface area contributed by atoms with Crippen LogP contribution in [0.2, 0.25) is 0 Å². The molecule has 0 saturated heterocycles. The molecule has 0 atom stereocenters. The zero-order valence-corrected chi connectivity index (χ0v) is 12.4. The molecule has 0 heterocycles. The van der Waals surface area contributed by atoms with Gasteiger partial charge in [0.15, 0.2) is 0 Å². The molecule has 0 aromatic rings. The van der Waals surface area contributed by atoms with E-state index in [9.17, 15) is 57.1 Å². The minimum atomic E-state index is -7.59. The summed E-state index contributed by atoms with van der Waals surface area (Å²) >= 11 is 2.47. The van der Waals surface area contributed by atoms with Gasteiger partial charge < -0.3 is 0 Å². The van der Waals surface area contributed by atoms with E-state index in [1.165, 1.54) is 0 Å². The maximum absolute atomic E-state index is 13.5. The highest BCUT2D eigenvalue weighted by Gasteiger charge is 2.91. The fraction of sp³-hybridized carbons (Fsp3) is 0.800. The summed E-state index contributed by atoms with van der Waals surface area (Å²) in [6.45, 7) is 0. The number of hydrogen-bond donors (Lipinski definition) is 0. The van der Waals surface area contributed by atoms with Crippen LogP contribution in [0.5, 0.6) is 0 Å². The van der Waals surface area contributed by atoms with Crippen molar-refractivity contribution in [2.75, 3.05) is 5.33 Å². The molecule has 0 bridgehead atoms. The number of halogens is 14. The van der Waals surface area contributed by atoms with E-state index in [1.807, 2.05) is 0 Å². The number of alkyl halides is 14. The van der Waals surface area contributed by atoms with E-state index in [1.54, 1.807) is 0 Å². The van der Waals surface area contributed by atoms with Gasteiger partial charge in [0, 0.05) is 5.33 Å². The van der Waals surface area contributed by atoms with E-state index in [0.717, 1.165) is 0 Å². The quantitative estimate of drug-likeness (QED) is 0.262. The fourth-order valence-electron chi connectivity index (χ4n) is 1.65. The lowest BCUT2D eigenvalue weighted by molar-refractivity contribution is -0.459. The van der Waals surface area contributed by atoms with Crippen LogP contribution in [-0.4, -0.2) is 35.7 Å². The van der Waals surface area contributed by atoms with Gasteiger partial charge in [-0.25, -0.2) is 0 Å². The molecule has 0 aliphatic carbocycles.